The number of carboxylic acid groups (broad SMARTS) is 1. The second kappa shape index (κ2) is 27.7. The lowest BCUT2D eigenvalue weighted by atomic mass is 9.96. The Morgan fingerprint density at radius 1 is 0.765 bits per heavy atom. The van der Waals surface area contributed by atoms with Crippen LogP contribution in [0, 0.1) is 5.82 Å². The first-order valence-electron chi connectivity index (χ1n) is 22.1. The van der Waals surface area contributed by atoms with Crippen molar-refractivity contribution >= 4 is 52.3 Å². The maximum absolute atomic E-state index is 14.7. The molecule has 0 saturated heterocycles. The largest absolute Gasteiger partial charge is 0.480 e. The van der Waals surface area contributed by atoms with Crippen molar-refractivity contribution in [2.45, 2.75) is 38.3 Å². The number of nitrogens with zero attached hydrogens (tertiary/aromatic N) is 5. The second-order valence-electron chi connectivity index (χ2n) is 15.3. The molecule has 3 aromatic carbocycles. The zero-order valence-electron chi connectivity index (χ0n) is 38.2. The number of nitrogens with two attached hydrogens (primary N) is 2. The molecule has 1 unspecified atom stereocenters. The van der Waals surface area contributed by atoms with Crippen LogP contribution in [-0.4, -0.2) is 141 Å². The highest BCUT2D eigenvalue weighted by Gasteiger charge is 2.22. The summed E-state index contributed by atoms with van der Waals surface area (Å²) >= 11 is 0. The minimum Gasteiger partial charge on any atom is -0.480 e. The second-order valence-corrected chi connectivity index (χ2v) is 15.3. The fraction of sp³-hybridized carbons (Fsp3) is 0.404. The van der Waals surface area contributed by atoms with Crippen LogP contribution in [0.2, 0.25) is 0 Å². The van der Waals surface area contributed by atoms with E-state index in [-0.39, 0.29) is 66.6 Å². The number of carboxylic acids is 1. The van der Waals surface area contributed by atoms with Crippen molar-refractivity contribution in [1.29, 1.82) is 0 Å². The number of hydrogen-bond donors (Lipinski definition) is 6. The van der Waals surface area contributed by atoms with Crippen molar-refractivity contribution in [2.75, 3.05) is 103 Å². The molecule has 3 amide bonds. The van der Waals surface area contributed by atoms with Crippen molar-refractivity contribution in [1.82, 2.24) is 35.9 Å². The van der Waals surface area contributed by atoms with E-state index in [4.69, 9.17) is 35.2 Å². The van der Waals surface area contributed by atoms with Crippen molar-refractivity contribution in [3.63, 3.8) is 0 Å². The first-order valence-corrected chi connectivity index (χ1v) is 22.1. The van der Waals surface area contributed by atoms with Crippen LogP contribution in [-0.2, 0) is 44.6 Å². The normalized spacial score (nSPS) is 12.0. The molecule has 0 aliphatic carbocycles. The third kappa shape index (κ3) is 17.1. The van der Waals surface area contributed by atoms with Gasteiger partial charge in [0.15, 0.2) is 17.0 Å². The van der Waals surface area contributed by atoms with E-state index in [1.807, 2.05) is 42.3 Å². The average molecular weight is 943 g/mol. The molecule has 68 heavy (non-hydrogen) atoms. The van der Waals surface area contributed by atoms with E-state index >= 15 is 0 Å². The molecule has 0 bridgehead atoms. The number of benzene rings is 3. The van der Waals surface area contributed by atoms with Crippen molar-refractivity contribution in [3.8, 4) is 11.1 Å². The Kier molecular flexibility index (Phi) is 21.2. The molecule has 20 nitrogen and oxygen atoms in total. The first kappa shape index (κ1) is 52.1. The number of anilines is 3. The number of nitrogen functional groups attached to an aromatic ring is 2. The van der Waals surface area contributed by atoms with Crippen LogP contribution >= 0.6 is 0 Å². The van der Waals surface area contributed by atoms with Crippen LogP contribution < -0.4 is 32.3 Å². The Labute approximate surface area is 393 Å². The van der Waals surface area contributed by atoms with Crippen LogP contribution in [0.5, 0.6) is 0 Å². The number of ether oxygens (including phenoxy) is 5. The smallest absolute Gasteiger partial charge is 0.326 e. The summed E-state index contributed by atoms with van der Waals surface area (Å²) in [5.74, 6) is -3.21. The number of fused-ring (bicyclic) bond motifs is 1. The van der Waals surface area contributed by atoms with E-state index in [1.54, 1.807) is 49.5 Å². The number of aromatic nitrogens is 4. The standard InChI is InChI=1S/C47H59FN10O10/c1-31(34-10-13-37(38(48)28-34)32-6-4-3-5-7-32)44(60)52-17-19-65-21-23-67-25-27-68-26-24-66-22-20-64-18-16-51-40(59)15-14-39(46(62)63)55-45(61)33-8-11-36(12-9-33)58(2)30-35-29-53-43-41(54-35)42(49)56-47(50)57-43/h3-13,28-29,31,39H,14-27,30H2,1-2H3,(H,51,59)(H,52,60)(H,55,61)(H,62,63)(H4,49,50,53,56,57)/t31-,39?/m1/s1. The molecule has 0 aliphatic heterocycles. The average Bonchev–Trinajstić information content (AvgIpc) is 3.33. The van der Waals surface area contributed by atoms with Gasteiger partial charge in [-0.15, -0.1) is 0 Å². The molecule has 21 heteroatoms. The fourth-order valence-electron chi connectivity index (χ4n) is 6.57. The van der Waals surface area contributed by atoms with E-state index in [0.717, 1.165) is 11.3 Å². The highest BCUT2D eigenvalue weighted by molar-refractivity contribution is 5.97. The summed E-state index contributed by atoms with van der Waals surface area (Å²) in [7, 11) is 1.83. The third-order valence-corrected chi connectivity index (χ3v) is 10.3. The molecular weight excluding hydrogens is 884 g/mol. The summed E-state index contributed by atoms with van der Waals surface area (Å²) in [6.07, 6.45) is 1.33. The number of hydrogen-bond acceptors (Lipinski definition) is 16. The molecule has 2 atom stereocenters. The number of carbonyl (C=O) groups is 4. The Bertz CT molecular complexity index is 2400. The Morgan fingerprint density at radius 3 is 1.97 bits per heavy atom. The number of nitrogens with one attached hydrogen (secondary N) is 3. The van der Waals surface area contributed by atoms with Gasteiger partial charge in [0.05, 0.1) is 90.4 Å². The van der Waals surface area contributed by atoms with Crippen LogP contribution in [0.4, 0.5) is 21.8 Å². The number of rotatable bonds is 30. The number of halogens is 1. The highest BCUT2D eigenvalue weighted by Crippen LogP contribution is 2.26. The Balaban J connectivity index is 0.812. The third-order valence-electron chi connectivity index (χ3n) is 10.3. The zero-order valence-corrected chi connectivity index (χ0v) is 38.2. The minimum absolute atomic E-state index is 0.00482. The van der Waals surface area contributed by atoms with E-state index in [9.17, 15) is 28.7 Å². The molecule has 5 rings (SSSR count). The molecule has 0 aliphatic rings. The number of amides is 3. The van der Waals surface area contributed by atoms with Gasteiger partial charge in [-0.25, -0.2) is 19.2 Å². The lowest BCUT2D eigenvalue weighted by Crippen LogP contribution is -2.41. The molecule has 0 saturated carbocycles. The van der Waals surface area contributed by atoms with Crippen LogP contribution in [0.3, 0.4) is 0 Å². The van der Waals surface area contributed by atoms with Crippen molar-refractivity contribution in [2.24, 2.45) is 0 Å². The van der Waals surface area contributed by atoms with Gasteiger partial charge in [0, 0.05) is 43.4 Å². The van der Waals surface area contributed by atoms with Gasteiger partial charge in [-0.2, -0.15) is 9.97 Å². The predicted molar refractivity (Wildman–Crippen MR) is 251 cm³/mol. The predicted octanol–water partition coefficient (Wildman–Crippen LogP) is 3.11. The van der Waals surface area contributed by atoms with E-state index in [2.05, 4.69) is 35.9 Å². The van der Waals surface area contributed by atoms with Gasteiger partial charge in [-0.1, -0.05) is 42.5 Å². The summed E-state index contributed by atoms with van der Waals surface area (Å²) in [6.45, 7) is 5.99. The fourth-order valence-corrected chi connectivity index (χ4v) is 6.57. The van der Waals surface area contributed by atoms with E-state index in [0.29, 0.717) is 94.9 Å². The lowest BCUT2D eigenvalue weighted by molar-refractivity contribution is -0.139. The summed E-state index contributed by atoms with van der Waals surface area (Å²) in [5.41, 5.74) is 15.6. The zero-order chi connectivity index (χ0) is 48.7. The molecule has 0 fully saturated rings. The van der Waals surface area contributed by atoms with Gasteiger partial charge in [0.25, 0.3) is 5.91 Å². The number of carbonyl (C=O) groups excluding carboxylic acids is 3. The summed E-state index contributed by atoms with van der Waals surface area (Å²) in [5, 5.41) is 17.7. The lowest BCUT2D eigenvalue weighted by Gasteiger charge is -2.19. The van der Waals surface area contributed by atoms with E-state index < -0.39 is 23.8 Å². The van der Waals surface area contributed by atoms with Gasteiger partial charge in [-0.05, 0) is 54.8 Å². The molecule has 5 aromatic rings. The SMILES string of the molecule is C[C@@H](C(=O)NCCOCCOCCOCCOCCOCCNC(=O)CCC(NC(=O)c1ccc(N(C)Cc2cnc3nc(N)nc(N)c3n2)cc1)C(=O)O)c1ccc(-c2ccccc2)c(F)c1. The summed E-state index contributed by atoms with van der Waals surface area (Å²) in [4.78, 5) is 68.3. The van der Waals surface area contributed by atoms with E-state index in [1.165, 1.54) is 6.07 Å². The summed E-state index contributed by atoms with van der Waals surface area (Å²) < 4.78 is 42.2. The number of aliphatic carboxylic acids is 1. The van der Waals surface area contributed by atoms with Crippen molar-refractivity contribution < 1.29 is 52.4 Å². The molecule has 2 aromatic heterocycles. The quantitative estimate of drug-likeness (QED) is 0.0361. The van der Waals surface area contributed by atoms with Crippen LogP contribution in [0.25, 0.3) is 22.3 Å². The molecular formula is C47H59FN10O10. The monoisotopic (exact) mass is 942 g/mol. The minimum atomic E-state index is -1.28. The first-order chi connectivity index (χ1) is 32.9. The highest BCUT2D eigenvalue weighted by atomic mass is 19.1. The van der Waals surface area contributed by atoms with Crippen LogP contribution in [0.15, 0.2) is 79.0 Å². The topological polar surface area (TPSA) is 278 Å². The molecule has 0 spiro atoms. The molecule has 364 valence electrons. The Hall–Kier alpha value is -6.91. The van der Waals surface area contributed by atoms with Gasteiger partial charge in [0.1, 0.15) is 11.9 Å². The van der Waals surface area contributed by atoms with Gasteiger partial charge >= 0.3 is 5.97 Å². The van der Waals surface area contributed by atoms with Gasteiger partial charge in [-0.3, -0.25) is 14.4 Å². The molecule has 0 radical (unpaired) electrons. The van der Waals surface area contributed by atoms with Crippen LogP contribution in [0.1, 0.15) is 47.3 Å². The van der Waals surface area contributed by atoms with Crippen molar-refractivity contribution in [3.05, 3.63) is 102 Å². The maximum atomic E-state index is 14.7. The summed E-state index contributed by atoms with van der Waals surface area (Å²) in [6, 6.07) is 19.4. The van der Waals surface area contributed by atoms with Gasteiger partial charge in [0.2, 0.25) is 17.8 Å². The molecule has 2 heterocycles. The Morgan fingerprint density at radius 2 is 1.37 bits per heavy atom. The van der Waals surface area contributed by atoms with Gasteiger partial charge < -0.3 is 61.1 Å². The molecule has 8 N–H and O–H groups in total. The maximum Gasteiger partial charge on any atom is 0.326 e.